The van der Waals surface area contributed by atoms with Crippen LogP contribution in [-0.4, -0.2) is 33.5 Å². The molecule has 0 unspecified atom stereocenters. The smallest absolute Gasteiger partial charge is 0.241 e. The molecule has 2 N–H and O–H groups in total. The lowest BCUT2D eigenvalue weighted by molar-refractivity contribution is -0.125. The molecule has 0 atom stereocenters. The molecular formula is C28H24FN5O4S. The first-order chi connectivity index (χ1) is 18.9. The molecule has 0 saturated carbocycles. The van der Waals surface area contributed by atoms with Crippen molar-refractivity contribution in [2.45, 2.75) is 19.9 Å². The van der Waals surface area contributed by atoms with Crippen LogP contribution in [0.2, 0.25) is 0 Å². The summed E-state index contributed by atoms with van der Waals surface area (Å²) < 4.78 is 29.5. The third kappa shape index (κ3) is 5.30. The number of thiophene rings is 1. The van der Waals surface area contributed by atoms with Crippen LogP contribution in [0.4, 0.5) is 15.8 Å². The molecule has 0 saturated heterocycles. The van der Waals surface area contributed by atoms with Gasteiger partial charge in [0.25, 0.3) is 0 Å². The number of carbonyl (C=O) groups is 2. The highest BCUT2D eigenvalue weighted by Gasteiger charge is 2.24. The average Bonchev–Trinajstić information content (AvgIpc) is 3.58. The van der Waals surface area contributed by atoms with Crippen LogP contribution in [0.3, 0.4) is 0 Å². The zero-order valence-corrected chi connectivity index (χ0v) is 21.9. The number of hydrogen-bond acceptors (Lipinski definition) is 7. The molecule has 2 aromatic carbocycles. The van der Waals surface area contributed by atoms with Crippen LogP contribution in [0.5, 0.6) is 17.2 Å². The second-order valence-corrected chi connectivity index (χ2v) is 9.54. The predicted molar refractivity (Wildman–Crippen MR) is 147 cm³/mol. The number of methoxy groups -OCH3 is 1. The number of anilines is 2. The highest BCUT2D eigenvalue weighted by Crippen LogP contribution is 2.40. The highest BCUT2D eigenvalue weighted by atomic mass is 32.1. The molecule has 0 spiro atoms. The van der Waals surface area contributed by atoms with Crippen molar-refractivity contribution in [3.63, 3.8) is 0 Å². The number of carbonyl (C=O) groups excluding carboxylic acids is 2. The minimum Gasteiger partial charge on any atom is -0.495 e. The van der Waals surface area contributed by atoms with Gasteiger partial charge in [-0.2, -0.15) is 0 Å². The summed E-state index contributed by atoms with van der Waals surface area (Å²) in [6.07, 6.45) is 4.75. The lowest BCUT2D eigenvalue weighted by Crippen LogP contribution is -2.30. The molecule has 2 amide bonds. The number of para-hydroxylation sites is 2. The van der Waals surface area contributed by atoms with E-state index in [1.165, 1.54) is 35.5 Å². The van der Waals surface area contributed by atoms with Crippen molar-refractivity contribution in [2.75, 3.05) is 12.0 Å². The topological polar surface area (TPSA) is 113 Å². The van der Waals surface area contributed by atoms with Crippen LogP contribution in [0.1, 0.15) is 13.3 Å². The Balaban J connectivity index is 1.49. The molecule has 198 valence electrons. The van der Waals surface area contributed by atoms with Crippen molar-refractivity contribution in [3.8, 4) is 27.8 Å². The van der Waals surface area contributed by atoms with E-state index in [1.54, 1.807) is 42.9 Å². The number of amides is 2. The SMILES string of the molecule is CCn1cnc(-c2cc3nccc(Oc4ccc(N(C(=O)CC(N)=O)c5ccccc5OC)cc4F)c3s2)c1. The Morgan fingerprint density at radius 2 is 1.90 bits per heavy atom. The van der Waals surface area contributed by atoms with Crippen molar-refractivity contribution in [3.05, 3.63) is 79.1 Å². The van der Waals surface area contributed by atoms with Crippen LogP contribution in [0, 0.1) is 5.82 Å². The van der Waals surface area contributed by atoms with Gasteiger partial charge >= 0.3 is 0 Å². The maximum absolute atomic E-state index is 15.4. The van der Waals surface area contributed by atoms with Gasteiger partial charge in [0.2, 0.25) is 11.8 Å². The number of fused-ring (bicyclic) bond motifs is 1. The molecule has 0 fully saturated rings. The van der Waals surface area contributed by atoms with Gasteiger partial charge in [-0.25, -0.2) is 9.37 Å². The Bertz CT molecular complexity index is 1680. The summed E-state index contributed by atoms with van der Waals surface area (Å²) in [6, 6.07) is 14.4. The van der Waals surface area contributed by atoms with Crippen LogP contribution >= 0.6 is 11.3 Å². The number of hydrogen-bond donors (Lipinski definition) is 1. The molecule has 11 heteroatoms. The molecule has 0 aliphatic heterocycles. The lowest BCUT2D eigenvalue weighted by atomic mass is 10.2. The van der Waals surface area contributed by atoms with Gasteiger partial charge < -0.3 is 19.8 Å². The van der Waals surface area contributed by atoms with Crippen molar-refractivity contribution >= 4 is 44.7 Å². The van der Waals surface area contributed by atoms with Crippen molar-refractivity contribution < 1.29 is 23.5 Å². The van der Waals surface area contributed by atoms with E-state index in [2.05, 4.69) is 9.97 Å². The third-order valence-corrected chi connectivity index (χ3v) is 7.08. The van der Waals surface area contributed by atoms with E-state index in [9.17, 15) is 9.59 Å². The number of halogens is 1. The molecule has 5 aromatic rings. The molecule has 3 heterocycles. The number of aromatic nitrogens is 3. The van der Waals surface area contributed by atoms with Gasteiger partial charge in [-0.1, -0.05) is 12.1 Å². The van der Waals surface area contributed by atoms with Gasteiger partial charge in [0.1, 0.15) is 17.9 Å². The van der Waals surface area contributed by atoms with Crippen molar-refractivity contribution in [1.82, 2.24) is 14.5 Å². The number of benzene rings is 2. The molecular weight excluding hydrogens is 521 g/mol. The molecule has 3 aromatic heterocycles. The van der Waals surface area contributed by atoms with Gasteiger partial charge in [-0.15, -0.1) is 11.3 Å². The first kappa shape index (κ1) is 25.9. The van der Waals surface area contributed by atoms with Crippen LogP contribution in [0.25, 0.3) is 20.8 Å². The van der Waals surface area contributed by atoms with Gasteiger partial charge in [0.15, 0.2) is 11.6 Å². The zero-order valence-electron chi connectivity index (χ0n) is 21.1. The second-order valence-electron chi connectivity index (χ2n) is 8.48. The number of nitrogens with zero attached hydrogens (tertiary/aromatic N) is 4. The van der Waals surface area contributed by atoms with Crippen LogP contribution in [-0.2, 0) is 16.1 Å². The fraction of sp³-hybridized carbons (Fsp3) is 0.143. The normalized spacial score (nSPS) is 10.9. The van der Waals surface area contributed by atoms with E-state index in [0.717, 1.165) is 27.9 Å². The van der Waals surface area contributed by atoms with Gasteiger partial charge in [0.05, 0.1) is 45.6 Å². The average molecular weight is 546 g/mol. The minimum absolute atomic E-state index is 0.0428. The summed E-state index contributed by atoms with van der Waals surface area (Å²) in [6.45, 7) is 2.84. The van der Waals surface area contributed by atoms with E-state index >= 15 is 4.39 Å². The largest absolute Gasteiger partial charge is 0.495 e. The summed E-state index contributed by atoms with van der Waals surface area (Å²) in [5, 5.41) is 0. The number of primary amides is 1. The maximum atomic E-state index is 15.4. The van der Waals surface area contributed by atoms with Crippen molar-refractivity contribution in [2.24, 2.45) is 5.73 Å². The molecule has 9 nitrogen and oxygen atoms in total. The minimum atomic E-state index is -0.807. The Morgan fingerprint density at radius 1 is 1.08 bits per heavy atom. The number of rotatable bonds is 9. The summed E-state index contributed by atoms with van der Waals surface area (Å²) in [5.41, 5.74) is 7.31. The van der Waals surface area contributed by atoms with E-state index in [-0.39, 0.29) is 11.4 Å². The number of imidazole rings is 1. The fourth-order valence-electron chi connectivity index (χ4n) is 4.07. The van der Waals surface area contributed by atoms with Crippen LogP contribution < -0.4 is 20.1 Å². The molecule has 5 rings (SSSR count). The Kier molecular flexibility index (Phi) is 7.24. The zero-order chi connectivity index (χ0) is 27.5. The Hall–Kier alpha value is -4.77. The molecule has 0 bridgehead atoms. The number of aryl methyl sites for hydroxylation is 1. The van der Waals surface area contributed by atoms with Crippen molar-refractivity contribution in [1.29, 1.82) is 0 Å². The first-order valence-electron chi connectivity index (χ1n) is 12.0. The number of nitrogens with two attached hydrogens (primary N) is 1. The Morgan fingerprint density at radius 3 is 2.62 bits per heavy atom. The van der Waals surface area contributed by atoms with Gasteiger partial charge in [-0.05, 0) is 37.3 Å². The van der Waals surface area contributed by atoms with Gasteiger partial charge in [-0.3, -0.25) is 19.5 Å². The number of pyridine rings is 1. The quantitative estimate of drug-likeness (QED) is 0.239. The Labute approximate surface area is 227 Å². The number of ether oxygens (including phenoxy) is 2. The predicted octanol–water partition coefficient (Wildman–Crippen LogP) is 5.66. The second kappa shape index (κ2) is 10.9. The van der Waals surface area contributed by atoms with E-state index in [0.29, 0.717) is 22.7 Å². The highest BCUT2D eigenvalue weighted by molar-refractivity contribution is 7.22. The van der Waals surface area contributed by atoms with E-state index in [1.807, 2.05) is 23.8 Å². The summed E-state index contributed by atoms with van der Waals surface area (Å²) >= 11 is 1.45. The molecule has 39 heavy (non-hydrogen) atoms. The summed E-state index contributed by atoms with van der Waals surface area (Å²) in [5.74, 6) is -1.38. The fourth-order valence-corrected chi connectivity index (χ4v) is 5.10. The summed E-state index contributed by atoms with van der Waals surface area (Å²) in [7, 11) is 1.45. The maximum Gasteiger partial charge on any atom is 0.241 e. The standard InChI is InChI=1S/C28H24FN5O4S/c1-3-33-15-20(32-16-33)25-13-19-28(39-25)24(10-11-31-19)38-22-9-8-17(12-18(22)29)34(27(36)14-26(30)35)21-6-4-5-7-23(21)37-2/h4-13,15-16H,3,14H2,1-2H3,(H2,30,35). The van der Waals surface area contributed by atoms with Gasteiger partial charge in [0, 0.05) is 31.1 Å². The van der Waals surface area contributed by atoms with E-state index < -0.39 is 24.1 Å². The molecule has 0 radical (unpaired) electrons. The van der Waals surface area contributed by atoms with Crippen LogP contribution in [0.15, 0.2) is 73.3 Å². The monoisotopic (exact) mass is 545 g/mol. The third-order valence-electron chi connectivity index (χ3n) is 5.92. The lowest BCUT2D eigenvalue weighted by Gasteiger charge is -2.24. The molecule has 0 aliphatic carbocycles. The summed E-state index contributed by atoms with van der Waals surface area (Å²) in [4.78, 5) is 35.5. The molecule has 0 aliphatic rings. The first-order valence-corrected chi connectivity index (χ1v) is 12.8. The van der Waals surface area contributed by atoms with E-state index in [4.69, 9.17) is 15.2 Å².